The van der Waals surface area contributed by atoms with Crippen LogP contribution >= 0.6 is 0 Å². The fraction of sp³-hybridized carbons (Fsp3) is 0.368. The van der Waals surface area contributed by atoms with Gasteiger partial charge in [0.1, 0.15) is 0 Å². The molecule has 0 radical (unpaired) electrons. The van der Waals surface area contributed by atoms with Crippen LogP contribution in [-0.4, -0.2) is 45.3 Å². The fourth-order valence-corrected chi connectivity index (χ4v) is 4.12. The Morgan fingerprint density at radius 3 is 2.65 bits per heavy atom. The second kappa shape index (κ2) is 6.48. The standard InChI is InChI=1S/C19H19FN4O2/c20-16-12-22-7-3-14(16)18(26)24-8-4-19(5-9-24)15(10-17(25)23-19)13-2-1-6-21-11-13/h1-3,6-7,11-12,15H,4-5,8-10H2,(H,23,25)/t15-/m0/s1. The second-order valence-electron chi connectivity index (χ2n) is 6.90. The van der Waals surface area contributed by atoms with E-state index in [1.165, 1.54) is 12.3 Å². The third-order valence-corrected chi connectivity index (χ3v) is 5.48. The van der Waals surface area contributed by atoms with Crippen LogP contribution in [0.3, 0.4) is 0 Å². The van der Waals surface area contributed by atoms with Gasteiger partial charge in [0.2, 0.25) is 5.91 Å². The van der Waals surface area contributed by atoms with Crippen molar-refractivity contribution in [2.45, 2.75) is 30.7 Å². The topological polar surface area (TPSA) is 75.2 Å². The van der Waals surface area contributed by atoms with Crippen molar-refractivity contribution >= 4 is 11.8 Å². The van der Waals surface area contributed by atoms with Crippen molar-refractivity contribution < 1.29 is 14.0 Å². The summed E-state index contributed by atoms with van der Waals surface area (Å²) in [6.45, 7) is 0.940. The monoisotopic (exact) mass is 354 g/mol. The number of hydrogen-bond donors (Lipinski definition) is 1. The molecule has 0 aliphatic carbocycles. The van der Waals surface area contributed by atoms with E-state index in [0.717, 1.165) is 11.8 Å². The maximum absolute atomic E-state index is 13.9. The summed E-state index contributed by atoms with van der Waals surface area (Å²) in [4.78, 5) is 34.2. The average Bonchev–Trinajstić information content (AvgIpc) is 2.98. The third kappa shape index (κ3) is 2.83. The summed E-state index contributed by atoms with van der Waals surface area (Å²) in [6.07, 6.45) is 7.68. The minimum atomic E-state index is -0.611. The second-order valence-corrected chi connectivity index (χ2v) is 6.90. The Morgan fingerprint density at radius 2 is 1.96 bits per heavy atom. The van der Waals surface area contributed by atoms with Crippen molar-refractivity contribution in [2.75, 3.05) is 13.1 Å². The highest BCUT2D eigenvalue weighted by molar-refractivity contribution is 5.94. The van der Waals surface area contributed by atoms with Gasteiger partial charge in [0.15, 0.2) is 5.82 Å². The van der Waals surface area contributed by atoms with Gasteiger partial charge in [0.25, 0.3) is 5.91 Å². The van der Waals surface area contributed by atoms with Gasteiger partial charge in [-0.2, -0.15) is 0 Å². The van der Waals surface area contributed by atoms with Crippen LogP contribution in [0.15, 0.2) is 43.0 Å². The number of rotatable bonds is 2. The molecule has 26 heavy (non-hydrogen) atoms. The molecule has 4 rings (SSSR count). The average molecular weight is 354 g/mol. The predicted octanol–water partition coefficient (Wildman–Crippen LogP) is 1.89. The van der Waals surface area contributed by atoms with E-state index in [2.05, 4.69) is 15.3 Å². The number of carbonyl (C=O) groups excluding carboxylic acids is 2. The molecule has 2 aromatic rings. The van der Waals surface area contributed by atoms with Gasteiger partial charge in [-0.05, 0) is 30.5 Å². The molecule has 4 heterocycles. The van der Waals surface area contributed by atoms with Crippen molar-refractivity contribution in [3.63, 3.8) is 0 Å². The number of nitrogens with zero attached hydrogens (tertiary/aromatic N) is 3. The molecule has 1 spiro atoms. The Morgan fingerprint density at radius 1 is 1.19 bits per heavy atom. The van der Waals surface area contributed by atoms with Crippen LogP contribution in [0.5, 0.6) is 0 Å². The summed E-state index contributed by atoms with van der Waals surface area (Å²) >= 11 is 0. The zero-order valence-electron chi connectivity index (χ0n) is 14.2. The number of halogens is 1. The van der Waals surface area contributed by atoms with Gasteiger partial charge >= 0.3 is 0 Å². The molecule has 0 aromatic carbocycles. The van der Waals surface area contributed by atoms with E-state index in [4.69, 9.17) is 0 Å². The number of likely N-dealkylation sites (tertiary alicyclic amines) is 1. The summed E-state index contributed by atoms with van der Waals surface area (Å²) in [5, 5.41) is 3.14. The first-order valence-corrected chi connectivity index (χ1v) is 8.69. The molecule has 7 heteroatoms. The molecule has 1 N–H and O–H groups in total. The molecule has 2 aliphatic rings. The Kier molecular flexibility index (Phi) is 4.14. The maximum atomic E-state index is 13.9. The fourth-order valence-electron chi connectivity index (χ4n) is 4.12. The van der Waals surface area contributed by atoms with Crippen molar-refractivity contribution in [2.24, 2.45) is 0 Å². The van der Waals surface area contributed by atoms with Crippen LogP contribution in [0.25, 0.3) is 0 Å². The summed E-state index contributed by atoms with van der Waals surface area (Å²) in [7, 11) is 0. The number of amides is 2. The smallest absolute Gasteiger partial charge is 0.256 e. The Labute approximate surface area is 150 Å². The quantitative estimate of drug-likeness (QED) is 0.894. The summed E-state index contributed by atoms with van der Waals surface area (Å²) < 4.78 is 13.9. The van der Waals surface area contributed by atoms with Gasteiger partial charge in [0.05, 0.1) is 17.3 Å². The maximum Gasteiger partial charge on any atom is 0.256 e. The highest BCUT2D eigenvalue weighted by atomic mass is 19.1. The predicted molar refractivity (Wildman–Crippen MR) is 91.8 cm³/mol. The van der Waals surface area contributed by atoms with Gasteiger partial charge in [-0.25, -0.2) is 4.39 Å². The van der Waals surface area contributed by atoms with Crippen LogP contribution < -0.4 is 5.32 Å². The van der Waals surface area contributed by atoms with E-state index in [0.29, 0.717) is 32.4 Å². The lowest BCUT2D eigenvalue weighted by atomic mass is 9.74. The molecule has 0 saturated carbocycles. The minimum Gasteiger partial charge on any atom is -0.350 e. The number of hydrogen-bond acceptors (Lipinski definition) is 4. The molecule has 0 unspecified atom stereocenters. The molecule has 0 bridgehead atoms. The number of piperidine rings is 1. The van der Waals surface area contributed by atoms with E-state index in [9.17, 15) is 14.0 Å². The number of aromatic nitrogens is 2. The number of pyridine rings is 2. The van der Waals surface area contributed by atoms with Crippen molar-refractivity contribution in [3.8, 4) is 0 Å². The van der Waals surface area contributed by atoms with Crippen LogP contribution in [0.1, 0.15) is 41.1 Å². The first kappa shape index (κ1) is 16.6. The molecule has 2 aliphatic heterocycles. The van der Waals surface area contributed by atoms with E-state index >= 15 is 0 Å². The normalized spacial score (nSPS) is 21.7. The number of nitrogens with one attached hydrogen (secondary N) is 1. The third-order valence-electron chi connectivity index (χ3n) is 5.48. The van der Waals surface area contributed by atoms with Crippen LogP contribution in [-0.2, 0) is 4.79 Å². The van der Waals surface area contributed by atoms with E-state index in [1.807, 2.05) is 12.1 Å². The first-order chi connectivity index (χ1) is 12.6. The zero-order valence-corrected chi connectivity index (χ0v) is 14.2. The Bertz CT molecular complexity index is 834. The Hall–Kier alpha value is -2.83. The molecular weight excluding hydrogens is 335 g/mol. The van der Waals surface area contributed by atoms with Crippen LogP contribution in [0, 0.1) is 5.82 Å². The Balaban J connectivity index is 1.52. The molecule has 6 nitrogen and oxygen atoms in total. The van der Waals surface area contributed by atoms with Gasteiger partial charge in [-0.15, -0.1) is 0 Å². The minimum absolute atomic E-state index is 0.0267. The molecule has 134 valence electrons. The van der Waals surface area contributed by atoms with Crippen molar-refractivity contribution in [1.82, 2.24) is 20.2 Å². The van der Waals surface area contributed by atoms with Gasteiger partial charge in [-0.1, -0.05) is 6.07 Å². The summed E-state index contributed by atoms with van der Waals surface area (Å²) in [6, 6.07) is 5.26. The SMILES string of the molecule is O=C1C[C@@H](c2cccnc2)C2(CCN(C(=O)c3ccncc3F)CC2)N1. The first-order valence-electron chi connectivity index (χ1n) is 8.69. The van der Waals surface area contributed by atoms with Crippen LogP contribution in [0.4, 0.5) is 4.39 Å². The van der Waals surface area contributed by atoms with Crippen molar-refractivity contribution in [3.05, 3.63) is 59.9 Å². The van der Waals surface area contributed by atoms with Gasteiger partial charge < -0.3 is 10.2 Å². The molecule has 2 aromatic heterocycles. The van der Waals surface area contributed by atoms with E-state index < -0.39 is 5.82 Å². The highest BCUT2D eigenvalue weighted by Crippen LogP contribution is 2.43. The van der Waals surface area contributed by atoms with E-state index in [-0.39, 0.29) is 28.8 Å². The van der Waals surface area contributed by atoms with Crippen LogP contribution in [0.2, 0.25) is 0 Å². The molecule has 1 atom stereocenters. The molecular formula is C19H19FN4O2. The lowest BCUT2D eigenvalue weighted by Crippen LogP contribution is -2.54. The summed E-state index contributed by atoms with van der Waals surface area (Å²) in [5.74, 6) is -0.875. The zero-order chi connectivity index (χ0) is 18.1. The van der Waals surface area contributed by atoms with Gasteiger partial charge in [0, 0.05) is 44.0 Å². The molecule has 2 amide bonds. The lowest BCUT2D eigenvalue weighted by Gasteiger charge is -2.42. The highest BCUT2D eigenvalue weighted by Gasteiger charge is 2.49. The summed E-state index contributed by atoms with van der Waals surface area (Å²) in [5.41, 5.74) is 0.703. The molecule has 2 saturated heterocycles. The largest absolute Gasteiger partial charge is 0.350 e. The van der Waals surface area contributed by atoms with Gasteiger partial charge in [-0.3, -0.25) is 19.6 Å². The lowest BCUT2D eigenvalue weighted by molar-refractivity contribution is -0.120. The van der Waals surface area contributed by atoms with Crippen molar-refractivity contribution in [1.29, 1.82) is 0 Å². The molecule has 2 fully saturated rings. The number of carbonyl (C=O) groups is 2. The van der Waals surface area contributed by atoms with E-state index in [1.54, 1.807) is 17.3 Å².